The molecule has 1 saturated carbocycles. The quantitative estimate of drug-likeness (QED) is 0.698. The van der Waals surface area contributed by atoms with Crippen LogP contribution in [0.5, 0.6) is 0 Å². The first-order valence-electron chi connectivity index (χ1n) is 10.3. The van der Waals surface area contributed by atoms with Crippen LogP contribution in [0.3, 0.4) is 0 Å². The van der Waals surface area contributed by atoms with Crippen LogP contribution in [-0.4, -0.2) is 57.8 Å². The van der Waals surface area contributed by atoms with Crippen molar-refractivity contribution in [3.63, 3.8) is 0 Å². The predicted octanol–water partition coefficient (Wildman–Crippen LogP) is 1.35. The van der Waals surface area contributed by atoms with Crippen LogP contribution in [0.15, 0.2) is 0 Å². The van der Waals surface area contributed by atoms with Crippen molar-refractivity contribution < 1.29 is 14.7 Å². The zero-order valence-corrected chi connectivity index (χ0v) is 16.5. The highest BCUT2D eigenvalue weighted by Crippen LogP contribution is 2.27. The molecule has 7 heteroatoms. The van der Waals surface area contributed by atoms with Crippen molar-refractivity contribution in [3.05, 3.63) is 17.0 Å². The van der Waals surface area contributed by atoms with Gasteiger partial charge in [0, 0.05) is 38.0 Å². The van der Waals surface area contributed by atoms with E-state index in [0.717, 1.165) is 18.5 Å². The summed E-state index contributed by atoms with van der Waals surface area (Å²) in [5, 5.41) is 20.9. The van der Waals surface area contributed by atoms with E-state index in [1.807, 2.05) is 6.92 Å². The van der Waals surface area contributed by atoms with Gasteiger partial charge in [0.15, 0.2) is 0 Å². The third-order valence-electron chi connectivity index (χ3n) is 6.09. The van der Waals surface area contributed by atoms with E-state index in [2.05, 4.69) is 15.5 Å². The van der Waals surface area contributed by atoms with Gasteiger partial charge >= 0.3 is 0 Å². The van der Waals surface area contributed by atoms with Gasteiger partial charge in [-0.05, 0) is 57.4 Å². The van der Waals surface area contributed by atoms with Crippen molar-refractivity contribution in [2.45, 2.75) is 76.9 Å². The van der Waals surface area contributed by atoms with Crippen LogP contribution in [0.1, 0.15) is 62.4 Å². The molecule has 27 heavy (non-hydrogen) atoms. The van der Waals surface area contributed by atoms with Crippen molar-refractivity contribution in [3.8, 4) is 0 Å². The van der Waals surface area contributed by atoms with Crippen molar-refractivity contribution >= 4 is 11.8 Å². The number of carbonyl (C=O) groups is 2. The normalized spacial score (nSPS) is 24.9. The van der Waals surface area contributed by atoms with Gasteiger partial charge in [-0.2, -0.15) is 5.10 Å². The maximum atomic E-state index is 12.4. The Morgan fingerprint density at radius 1 is 1.30 bits per heavy atom. The summed E-state index contributed by atoms with van der Waals surface area (Å²) in [4.78, 5) is 26.3. The third kappa shape index (κ3) is 4.69. The second kappa shape index (κ2) is 8.87. The summed E-state index contributed by atoms with van der Waals surface area (Å²) < 4.78 is 0. The van der Waals surface area contributed by atoms with Crippen LogP contribution < -0.4 is 5.32 Å². The molecular weight excluding hydrogens is 344 g/mol. The first kappa shape index (κ1) is 19.9. The highest BCUT2D eigenvalue weighted by Gasteiger charge is 2.34. The summed E-state index contributed by atoms with van der Waals surface area (Å²) in [7, 11) is 1.79. The van der Waals surface area contributed by atoms with E-state index in [0.29, 0.717) is 38.6 Å². The lowest BCUT2D eigenvalue weighted by Gasteiger charge is -2.34. The number of fused-ring (bicyclic) bond motifs is 1. The number of hydrogen-bond donors (Lipinski definition) is 3. The number of aromatic nitrogens is 2. The number of nitrogens with zero attached hydrogens (tertiary/aromatic N) is 2. The molecule has 0 radical (unpaired) electrons. The van der Waals surface area contributed by atoms with Crippen molar-refractivity contribution in [1.82, 2.24) is 20.4 Å². The van der Waals surface area contributed by atoms with Gasteiger partial charge in [-0.3, -0.25) is 14.7 Å². The van der Waals surface area contributed by atoms with Gasteiger partial charge < -0.3 is 15.3 Å². The molecule has 0 spiro atoms. The number of rotatable bonds is 6. The molecule has 0 unspecified atom stereocenters. The second-order valence-corrected chi connectivity index (χ2v) is 7.94. The number of nitrogens with one attached hydrogen (secondary N) is 2. The maximum Gasteiger partial charge on any atom is 0.225 e. The van der Waals surface area contributed by atoms with E-state index in [1.165, 1.54) is 24.1 Å². The van der Waals surface area contributed by atoms with Crippen LogP contribution in [0.4, 0.5) is 0 Å². The minimum atomic E-state index is -0.667. The SMILES string of the molecule is CCN(C)C(=O)[C@H]1CC[C@H](NC(=O)CCc2n[nH]c3c2CCCC3)[C@@H](O)C1. The Labute approximate surface area is 160 Å². The average molecular weight is 377 g/mol. The monoisotopic (exact) mass is 376 g/mol. The lowest BCUT2D eigenvalue weighted by Crippen LogP contribution is -2.49. The van der Waals surface area contributed by atoms with E-state index >= 15 is 0 Å². The number of amides is 2. The zero-order valence-electron chi connectivity index (χ0n) is 16.5. The molecule has 2 amide bonds. The Balaban J connectivity index is 1.46. The van der Waals surface area contributed by atoms with Gasteiger partial charge in [0.2, 0.25) is 11.8 Å². The summed E-state index contributed by atoms with van der Waals surface area (Å²) >= 11 is 0. The van der Waals surface area contributed by atoms with Crippen LogP contribution in [0.25, 0.3) is 0 Å². The topological polar surface area (TPSA) is 98.3 Å². The Morgan fingerprint density at radius 3 is 2.81 bits per heavy atom. The lowest BCUT2D eigenvalue weighted by molar-refractivity contribution is -0.137. The summed E-state index contributed by atoms with van der Waals surface area (Å²) in [6, 6.07) is -0.262. The van der Waals surface area contributed by atoms with Crippen LogP contribution in [0.2, 0.25) is 0 Å². The van der Waals surface area contributed by atoms with Crippen molar-refractivity contribution in [1.29, 1.82) is 0 Å². The minimum Gasteiger partial charge on any atom is -0.391 e. The van der Waals surface area contributed by atoms with Crippen LogP contribution in [-0.2, 0) is 28.9 Å². The van der Waals surface area contributed by atoms with Crippen LogP contribution >= 0.6 is 0 Å². The fraction of sp³-hybridized carbons (Fsp3) is 0.750. The van der Waals surface area contributed by atoms with Gasteiger partial charge in [-0.15, -0.1) is 0 Å². The standard InChI is InChI=1S/C20H32N4O3/c1-3-24(2)20(27)13-8-9-17(18(25)12-13)21-19(26)11-10-16-14-6-4-5-7-15(14)22-23-16/h13,17-18,25H,3-12H2,1-2H3,(H,21,26)(H,22,23)/t13-,17-,18-/m0/s1. The fourth-order valence-electron chi connectivity index (χ4n) is 4.27. The van der Waals surface area contributed by atoms with E-state index in [4.69, 9.17) is 0 Å². The minimum absolute atomic E-state index is 0.0536. The maximum absolute atomic E-state index is 12.4. The Bertz CT molecular complexity index is 672. The molecule has 3 rings (SSSR count). The molecule has 3 N–H and O–H groups in total. The van der Waals surface area contributed by atoms with Gasteiger partial charge in [0.1, 0.15) is 0 Å². The second-order valence-electron chi connectivity index (χ2n) is 7.94. The summed E-state index contributed by atoms with van der Waals surface area (Å²) in [6.45, 7) is 2.61. The Morgan fingerprint density at radius 2 is 2.07 bits per heavy atom. The highest BCUT2D eigenvalue weighted by molar-refractivity contribution is 5.79. The molecule has 1 heterocycles. The van der Waals surface area contributed by atoms with Gasteiger partial charge in [0.25, 0.3) is 0 Å². The summed E-state index contributed by atoms with van der Waals surface area (Å²) in [5.74, 6) is -0.111. The zero-order chi connectivity index (χ0) is 19.4. The molecule has 0 aliphatic heterocycles. The smallest absolute Gasteiger partial charge is 0.225 e. The summed E-state index contributed by atoms with van der Waals surface area (Å²) in [6.07, 6.45) is 6.59. The van der Waals surface area contributed by atoms with Gasteiger partial charge in [0.05, 0.1) is 17.8 Å². The number of aliphatic hydroxyl groups is 1. The average Bonchev–Trinajstić information content (AvgIpc) is 3.10. The van der Waals surface area contributed by atoms with E-state index in [-0.39, 0.29) is 23.8 Å². The molecule has 2 aliphatic rings. The Kier molecular flexibility index (Phi) is 6.52. The molecule has 7 nitrogen and oxygen atoms in total. The molecule has 2 aliphatic carbocycles. The summed E-state index contributed by atoms with van der Waals surface area (Å²) in [5.41, 5.74) is 3.54. The van der Waals surface area contributed by atoms with E-state index in [9.17, 15) is 14.7 Å². The first-order valence-corrected chi connectivity index (χ1v) is 10.3. The van der Waals surface area contributed by atoms with Crippen molar-refractivity contribution in [2.75, 3.05) is 13.6 Å². The Hall–Kier alpha value is -1.89. The third-order valence-corrected chi connectivity index (χ3v) is 6.09. The number of hydrogen-bond acceptors (Lipinski definition) is 4. The number of carbonyl (C=O) groups excluding carboxylic acids is 2. The molecule has 1 aromatic rings. The van der Waals surface area contributed by atoms with Crippen LogP contribution in [0, 0.1) is 5.92 Å². The fourth-order valence-corrected chi connectivity index (χ4v) is 4.27. The first-order chi connectivity index (χ1) is 13.0. The molecule has 1 fully saturated rings. The van der Waals surface area contributed by atoms with E-state index < -0.39 is 6.10 Å². The van der Waals surface area contributed by atoms with E-state index in [1.54, 1.807) is 11.9 Å². The lowest BCUT2D eigenvalue weighted by atomic mass is 9.83. The highest BCUT2D eigenvalue weighted by atomic mass is 16.3. The molecular formula is C20H32N4O3. The molecule has 0 bridgehead atoms. The number of H-pyrrole nitrogens is 1. The van der Waals surface area contributed by atoms with Gasteiger partial charge in [-0.1, -0.05) is 0 Å². The number of aliphatic hydroxyl groups excluding tert-OH is 1. The molecule has 0 aromatic carbocycles. The molecule has 1 aromatic heterocycles. The largest absolute Gasteiger partial charge is 0.391 e. The molecule has 150 valence electrons. The predicted molar refractivity (Wildman–Crippen MR) is 102 cm³/mol. The molecule has 0 saturated heterocycles. The van der Waals surface area contributed by atoms with Gasteiger partial charge in [-0.25, -0.2) is 0 Å². The van der Waals surface area contributed by atoms with Crippen molar-refractivity contribution in [2.24, 2.45) is 5.92 Å². The molecule has 3 atom stereocenters. The number of aromatic amines is 1. The number of aryl methyl sites for hydroxylation is 2.